The maximum Gasteiger partial charge on any atom is 0.233 e. The molecule has 0 radical (unpaired) electrons. The largest absolute Gasteiger partial charge is 0.355 e. The van der Waals surface area contributed by atoms with Gasteiger partial charge in [0, 0.05) is 18.6 Å². The third kappa shape index (κ3) is 2.89. The molecule has 0 aromatic heterocycles. The van der Waals surface area contributed by atoms with Crippen molar-refractivity contribution in [1.29, 1.82) is 0 Å². The summed E-state index contributed by atoms with van der Waals surface area (Å²) in [7, 11) is 0. The average Bonchev–Trinajstić information content (AvgIpc) is 2.71. The Morgan fingerprint density at radius 2 is 2.11 bits per heavy atom. The van der Waals surface area contributed by atoms with Gasteiger partial charge in [0.25, 0.3) is 0 Å². The SMILES string of the molecule is CCCNC(=O)CNC1CC(N)c2ccccc21. The summed E-state index contributed by atoms with van der Waals surface area (Å²) >= 11 is 0. The molecule has 1 aromatic rings. The van der Waals surface area contributed by atoms with E-state index in [2.05, 4.69) is 22.8 Å². The number of nitrogens with one attached hydrogen (secondary N) is 2. The number of nitrogens with two attached hydrogens (primary N) is 1. The van der Waals surface area contributed by atoms with Gasteiger partial charge in [-0.15, -0.1) is 0 Å². The minimum absolute atomic E-state index is 0.0507. The number of hydrogen-bond donors (Lipinski definition) is 3. The van der Waals surface area contributed by atoms with Gasteiger partial charge in [-0.05, 0) is 24.0 Å². The van der Waals surface area contributed by atoms with E-state index in [0.717, 1.165) is 19.4 Å². The first-order valence-electron chi connectivity index (χ1n) is 6.57. The van der Waals surface area contributed by atoms with Gasteiger partial charge in [0.05, 0.1) is 6.54 Å². The van der Waals surface area contributed by atoms with E-state index >= 15 is 0 Å². The molecule has 1 aliphatic carbocycles. The lowest BCUT2D eigenvalue weighted by Crippen LogP contribution is -2.35. The lowest BCUT2D eigenvalue weighted by molar-refractivity contribution is -0.120. The number of carbonyl (C=O) groups excluding carboxylic acids is 1. The zero-order valence-corrected chi connectivity index (χ0v) is 10.8. The Hall–Kier alpha value is -1.39. The van der Waals surface area contributed by atoms with Crippen LogP contribution < -0.4 is 16.4 Å². The van der Waals surface area contributed by atoms with Crippen LogP contribution in [0.4, 0.5) is 0 Å². The molecule has 0 aliphatic heterocycles. The Bertz CT molecular complexity index is 419. The van der Waals surface area contributed by atoms with Gasteiger partial charge in [0.15, 0.2) is 0 Å². The summed E-state index contributed by atoms with van der Waals surface area (Å²) in [5, 5.41) is 6.14. The molecule has 4 nitrogen and oxygen atoms in total. The van der Waals surface area contributed by atoms with E-state index < -0.39 is 0 Å². The maximum atomic E-state index is 11.5. The molecule has 2 rings (SSSR count). The highest BCUT2D eigenvalue weighted by atomic mass is 16.1. The summed E-state index contributed by atoms with van der Waals surface area (Å²) in [6.07, 6.45) is 1.82. The predicted molar refractivity (Wildman–Crippen MR) is 72.0 cm³/mol. The van der Waals surface area contributed by atoms with Crippen molar-refractivity contribution in [3.8, 4) is 0 Å². The van der Waals surface area contributed by atoms with E-state index in [0.29, 0.717) is 6.54 Å². The van der Waals surface area contributed by atoms with E-state index in [1.807, 2.05) is 19.1 Å². The minimum Gasteiger partial charge on any atom is -0.355 e. The molecule has 98 valence electrons. The minimum atomic E-state index is 0.0507. The molecular weight excluding hydrogens is 226 g/mol. The molecule has 4 N–H and O–H groups in total. The Morgan fingerprint density at radius 3 is 2.83 bits per heavy atom. The van der Waals surface area contributed by atoms with Crippen molar-refractivity contribution in [2.75, 3.05) is 13.1 Å². The molecule has 0 heterocycles. The van der Waals surface area contributed by atoms with Gasteiger partial charge in [0.2, 0.25) is 5.91 Å². The molecule has 1 aromatic carbocycles. The lowest BCUT2D eigenvalue weighted by atomic mass is 10.1. The number of carbonyl (C=O) groups is 1. The second-order valence-corrected chi connectivity index (χ2v) is 4.75. The summed E-state index contributed by atoms with van der Waals surface area (Å²) in [6, 6.07) is 8.46. The van der Waals surface area contributed by atoms with Gasteiger partial charge < -0.3 is 16.4 Å². The molecule has 0 fully saturated rings. The highest BCUT2D eigenvalue weighted by Gasteiger charge is 2.27. The number of rotatable bonds is 5. The van der Waals surface area contributed by atoms with Crippen LogP contribution in [-0.4, -0.2) is 19.0 Å². The molecule has 1 aliphatic rings. The monoisotopic (exact) mass is 247 g/mol. The Balaban J connectivity index is 1.90. The molecular formula is C14H21N3O. The zero-order chi connectivity index (χ0) is 13.0. The summed E-state index contributed by atoms with van der Waals surface area (Å²) < 4.78 is 0. The van der Waals surface area contributed by atoms with E-state index in [4.69, 9.17) is 5.73 Å². The van der Waals surface area contributed by atoms with Crippen molar-refractivity contribution in [1.82, 2.24) is 10.6 Å². The topological polar surface area (TPSA) is 67.2 Å². The highest BCUT2D eigenvalue weighted by molar-refractivity contribution is 5.78. The molecule has 0 saturated carbocycles. The third-order valence-corrected chi connectivity index (χ3v) is 3.34. The molecule has 1 amide bonds. The second kappa shape index (κ2) is 5.98. The standard InChI is InChI=1S/C14H21N3O/c1-2-7-16-14(18)9-17-13-8-12(15)10-5-3-4-6-11(10)13/h3-6,12-13,17H,2,7-9,15H2,1H3,(H,16,18). The zero-order valence-electron chi connectivity index (χ0n) is 10.8. The van der Waals surface area contributed by atoms with Gasteiger partial charge in [-0.2, -0.15) is 0 Å². The highest BCUT2D eigenvalue weighted by Crippen LogP contribution is 2.36. The molecule has 0 spiro atoms. The van der Waals surface area contributed by atoms with Crippen molar-refractivity contribution in [3.63, 3.8) is 0 Å². The van der Waals surface area contributed by atoms with Crippen molar-refractivity contribution in [2.24, 2.45) is 5.73 Å². The summed E-state index contributed by atoms with van der Waals surface area (Å²) in [5.41, 5.74) is 8.51. The fourth-order valence-electron chi connectivity index (χ4n) is 2.41. The van der Waals surface area contributed by atoms with E-state index in [-0.39, 0.29) is 18.0 Å². The van der Waals surface area contributed by atoms with Crippen LogP contribution in [-0.2, 0) is 4.79 Å². The van der Waals surface area contributed by atoms with E-state index in [1.165, 1.54) is 11.1 Å². The van der Waals surface area contributed by atoms with Crippen molar-refractivity contribution in [2.45, 2.75) is 31.8 Å². The van der Waals surface area contributed by atoms with Crippen LogP contribution in [0.25, 0.3) is 0 Å². The van der Waals surface area contributed by atoms with Crippen LogP contribution in [0.5, 0.6) is 0 Å². The van der Waals surface area contributed by atoms with Crippen LogP contribution in [0.15, 0.2) is 24.3 Å². The number of amides is 1. The lowest BCUT2D eigenvalue weighted by Gasteiger charge is -2.13. The molecule has 4 heteroatoms. The predicted octanol–water partition coefficient (Wildman–Crippen LogP) is 1.25. The first kappa shape index (κ1) is 13.1. The first-order chi connectivity index (χ1) is 8.72. The number of hydrogen-bond acceptors (Lipinski definition) is 3. The Morgan fingerprint density at radius 1 is 1.39 bits per heavy atom. The molecule has 2 unspecified atom stereocenters. The molecule has 0 saturated heterocycles. The van der Waals surface area contributed by atoms with Crippen LogP contribution in [0.2, 0.25) is 0 Å². The van der Waals surface area contributed by atoms with Crippen LogP contribution in [0, 0.1) is 0 Å². The van der Waals surface area contributed by atoms with Crippen molar-refractivity contribution in [3.05, 3.63) is 35.4 Å². The third-order valence-electron chi connectivity index (χ3n) is 3.34. The van der Waals surface area contributed by atoms with Gasteiger partial charge in [-0.3, -0.25) is 4.79 Å². The maximum absolute atomic E-state index is 11.5. The van der Waals surface area contributed by atoms with Crippen molar-refractivity contribution >= 4 is 5.91 Å². The van der Waals surface area contributed by atoms with E-state index in [1.54, 1.807) is 0 Å². The number of fused-ring (bicyclic) bond motifs is 1. The molecule has 18 heavy (non-hydrogen) atoms. The summed E-state index contributed by atoms with van der Waals surface area (Å²) in [4.78, 5) is 11.5. The average molecular weight is 247 g/mol. The fourth-order valence-corrected chi connectivity index (χ4v) is 2.41. The smallest absolute Gasteiger partial charge is 0.233 e. The van der Waals surface area contributed by atoms with E-state index in [9.17, 15) is 4.79 Å². The van der Waals surface area contributed by atoms with Crippen molar-refractivity contribution < 1.29 is 4.79 Å². The Kier molecular flexibility index (Phi) is 4.33. The van der Waals surface area contributed by atoms with Gasteiger partial charge in [-0.1, -0.05) is 31.2 Å². The van der Waals surface area contributed by atoms with Gasteiger partial charge in [-0.25, -0.2) is 0 Å². The number of benzene rings is 1. The second-order valence-electron chi connectivity index (χ2n) is 4.75. The summed E-state index contributed by atoms with van der Waals surface area (Å²) in [5.74, 6) is 0.0507. The van der Waals surface area contributed by atoms with Crippen LogP contribution >= 0.6 is 0 Å². The molecule has 2 atom stereocenters. The van der Waals surface area contributed by atoms with Gasteiger partial charge in [0.1, 0.15) is 0 Å². The summed E-state index contributed by atoms with van der Waals surface area (Å²) in [6.45, 7) is 3.13. The van der Waals surface area contributed by atoms with Gasteiger partial charge >= 0.3 is 0 Å². The quantitative estimate of drug-likeness (QED) is 0.733. The normalized spacial score (nSPS) is 21.7. The first-order valence-corrected chi connectivity index (χ1v) is 6.57. The van der Waals surface area contributed by atoms with Crippen LogP contribution in [0.3, 0.4) is 0 Å². The molecule has 0 bridgehead atoms. The van der Waals surface area contributed by atoms with Crippen LogP contribution in [0.1, 0.15) is 43.0 Å². The fraction of sp³-hybridized carbons (Fsp3) is 0.500. The Labute approximate surface area is 108 Å².